The predicted molar refractivity (Wildman–Crippen MR) is 118 cm³/mol. The Hall–Kier alpha value is -3.16. The van der Waals surface area contributed by atoms with E-state index in [-0.39, 0.29) is 0 Å². The highest BCUT2D eigenvalue weighted by Gasteiger charge is 2.23. The molecular formula is C26H16ClN. The Morgan fingerprint density at radius 3 is 2.32 bits per heavy atom. The summed E-state index contributed by atoms with van der Waals surface area (Å²) in [6.45, 7) is 0. The van der Waals surface area contributed by atoms with Crippen LogP contribution in [-0.2, 0) is 6.42 Å². The number of fused-ring (bicyclic) bond motifs is 7. The molecule has 0 saturated carbocycles. The van der Waals surface area contributed by atoms with Crippen LogP contribution in [0.2, 0.25) is 5.02 Å². The molecule has 1 aliphatic carbocycles. The van der Waals surface area contributed by atoms with Crippen molar-refractivity contribution >= 4 is 33.3 Å². The highest BCUT2D eigenvalue weighted by Crippen LogP contribution is 2.43. The summed E-state index contributed by atoms with van der Waals surface area (Å²) in [4.78, 5) is 5.22. The van der Waals surface area contributed by atoms with Crippen molar-refractivity contribution in [3.63, 3.8) is 0 Å². The summed E-state index contributed by atoms with van der Waals surface area (Å²) < 4.78 is 0. The van der Waals surface area contributed by atoms with Crippen molar-refractivity contribution in [2.75, 3.05) is 0 Å². The van der Waals surface area contributed by atoms with Crippen LogP contribution in [0.15, 0.2) is 84.9 Å². The van der Waals surface area contributed by atoms with Gasteiger partial charge in [-0.05, 0) is 39.8 Å². The number of hydrogen-bond acceptors (Lipinski definition) is 1. The molecule has 6 rings (SSSR count). The van der Waals surface area contributed by atoms with Crippen LogP contribution in [0, 0.1) is 0 Å². The van der Waals surface area contributed by atoms with E-state index in [9.17, 15) is 0 Å². The lowest BCUT2D eigenvalue weighted by Gasteiger charge is -2.13. The Kier molecular flexibility index (Phi) is 3.35. The molecular weight excluding hydrogens is 362 g/mol. The summed E-state index contributed by atoms with van der Waals surface area (Å²) in [6.07, 6.45) is 0.902. The van der Waals surface area contributed by atoms with Crippen LogP contribution in [-0.4, -0.2) is 4.98 Å². The van der Waals surface area contributed by atoms with Crippen LogP contribution >= 0.6 is 11.6 Å². The zero-order valence-electron chi connectivity index (χ0n) is 15.1. The van der Waals surface area contributed by atoms with E-state index < -0.39 is 0 Å². The molecule has 0 unspecified atom stereocenters. The summed E-state index contributed by atoms with van der Waals surface area (Å²) in [6, 6.07) is 29.7. The maximum Gasteiger partial charge on any atom is 0.0788 e. The van der Waals surface area contributed by atoms with Gasteiger partial charge >= 0.3 is 0 Å². The number of rotatable bonds is 1. The second kappa shape index (κ2) is 5.92. The third-order valence-corrected chi connectivity index (χ3v) is 5.99. The fourth-order valence-corrected chi connectivity index (χ4v) is 4.64. The van der Waals surface area contributed by atoms with Gasteiger partial charge in [0.2, 0.25) is 0 Å². The Morgan fingerprint density at radius 2 is 1.46 bits per heavy atom. The number of nitrogens with zero attached hydrogens (tertiary/aromatic N) is 1. The van der Waals surface area contributed by atoms with Gasteiger partial charge in [0, 0.05) is 27.8 Å². The highest BCUT2D eigenvalue weighted by atomic mass is 35.5. The van der Waals surface area contributed by atoms with Gasteiger partial charge in [-0.3, -0.25) is 0 Å². The van der Waals surface area contributed by atoms with Crippen molar-refractivity contribution in [2.45, 2.75) is 6.42 Å². The second-order valence-electron chi connectivity index (χ2n) is 7.34. The molecule has 0 spiro atoms. The minimum absolute atomic E-state index is 0.781. The lowest BCUT2D eigenvalue weighted by molar-refractivity contribution is 1.26. The predicted octanol–water partition coefficient (Wildman–Crippen LogP) is 7.28. The van der Waals surface area contributed by atoms with Crippen LogP contribution in [0.3, 0.4) is 0 Å². The summed E-state index contributed by atoms with van der Waals surface area (Å²) in [5.41, 5.74) is 8.42. The molecule has 28 heavy (non-hydrogen) atoms. The van der Waals surface area contributed by atoms with Crippen LogP contribution < -0.4 is 0 Å². The molecule has 4 aromatic carbocycles. The molecule has 5 aromatic rings. The van der Waals surface area contributed by atoms with Crippen molar-refractivity contribution in [3.8, 4) is 22.4 Å². The van der Waals surface area contributed by atoms with Gasteiger partial charge in [-0.25, -0.2) is 4.98 Å². The number of aromatic nitrogens is 1. The van der Waals surface area contributed by atoms with Gasteiger partial charge in [-0.2, -0.15) is 0 Å². The summed E-state index contributed by atoms with van der Waals surface area (Å²) >= 11 is 6.28. The van der Waals surface area contributed by atoms with Crippen molar-refractivity contribution < 1.29 is 0 Å². The standard InChI is InChI=1S/C26H16ClN/c27-18-11-10-17-14-24-20(23(17)15-18)12-13-22-19-8-4-5-9-21(19)25(28-26(22)24)16-6-2-1-3-7-16/h1-13,15H,14H2. The molecule has 2 heteroatoms. The Labute approximate surface area is 168 Å². The highest BCUT2D eigenvalue weighted by molar-refractivity contribution is 6.31. The molecule has 0 radical (unpaired) electrons. The fraction of sp³-hybridized carbons (Fsp3) is 0.0385. The first-order chi connectivity index (χ1) is 13.8. The fourth-order valence-electron chi connectivity index (χ4n) is 4.47. The maximum atomic E-state index is 6.28. The van der Waals surface area contributed by atoms with Crippen LogP contribution in [0.1, 0.15) is 11.1 Å². The van der Waals surface area contributed by atoms with Crippen LogP contribution in [0.4, 0.5) is 0 Å². The zero-order chi connectivity index (χ0) is 18.7. The van der Waals surface area contributed by atoms with E-state index in [1.807, 2.05) is 12.1 Å². The summed E-state index contributed by atoms with van der Waals surface area (Å²) in [7, 11) is 0. The molecule has 1 aromatic heterocycles. The topological polar surface area (TPSA) is 12.9 Å². The Morgan fingerprint density at radius 1 is 0.679 bits per heavy atom. The number of pyridine rings is 1. The largest absolute Gasteiger partial charge is 0.247 e. The van der Waals surface area contributed by atoms with Gasteiger partial charge in [0.05, 0.1) is 11.2 Å². The molecule has 0 aliphatic heterocycles. The maximum absolute atomic E-state index is 6.28. The SMILES string of the molecule is Clc1ccc2c(c1)-c1ccc3c(nc(-c4ccccc4)c4ccccc43)c1C2. The number of hydrogen-bond donors (Lipinski definition) is 0. The van der Waals surface area contributed by atoms with E-state index in [0.29, 0.717) is 0 Å². The van der Waals surface area contributed by atoms with Gasteiger partial charge in [0.1, 0.15) is 0 Å². The van der Waals surface area contributed by atoms with Gasteiger partial charge in [-0.15, -0.1) is 0 Å². The van der Waals surface area contributed by atoms with Crippen molar-refractivity contribution in [3.05, 3.63) is 101 Å². The summed E-state index contributed by atoms with van der Waals surface area (Å²) in [5.74, 6) is 0. The second-order valence-corrected chi connectivity index (χ2v) is 7.77. The first kappa shape index (κ1) is 15.9. The van der Waals surface area contributed by atoms with E-state index in [0.717, 1.165) is 28.2 Å². The van der Waals surface area contributed by atoms with Crippen molar-refractivity contribution in [1.29, 1.82) is 0 Å². The van der Waals surface area contributed by atoms with Crippen LogP contribution in [0.25, 0.3) is 44.1 Å². The molecule has 0 bridgehead atoms. The van der Waals surface area contributed by atoms with E-state index in [4.69, 9.17) is 16.6 Å². The molecule has 1 nitrogen and oxygen atoms in total. The first-order valence-electron chi connectivity index (χ1n) is 9.48. The number of halogens is 1. The molecule has 0 N–H and O–H groups in total. The number of benzene rings is 4. The van der Waals surface area contributed by atoms with Gasteiger partial charge in [0.15, 0.2) is 0 Å². The monoisotopic (exact) mass is 377 g/mol. The molecule has 0 saturated heterocycles. The first-order valence-corrected chi connectivity index (χ1v) is 9.86. The van der Waals surface area contributed by atoms with Crippen molar-refractivity contribution in [1.82, 2.24) is 4.98 Å². The molecule has 132 valence electrons. The minimum Gasteiger partial charge on any atom is -0.247 e. The Bertz CT molecular complexity index is 1390. The lowest BCUT2D eigenvalue weighted by atomic mass is 9.96. The molecule has 0 fully saturated rings. The van der Waals surface area contributed by atoms with E-state index in [1.54, 1.807) is 0 Å². The van der Waals surface area contributed by atoms with Gasteiger partial charge in [0.25, 0.3) is 0 Å². The van der Waals surface area contributed by atoms with Crippen LogP contribution in [0.5, 0.6) is 0 Å². The quantitative estimate of drug-likeness (QED) is 0.274. The van der Waals surface area contributed by atoms with E-state index >= 15 is 0 Å². The minimum atomic E-state index is 0.781. The van der Waals surface area contributed by atoms with Crippen molar-refractivity contribution in [2.24, 2.45) is 0 Å². The molecule has 0 atom stereocenters. The lowest BCUT2D eigenvalue weighted by Crippen LogP contribution is -1.93. The molecule has 0 amide bonds. The zero-order valence-corrected chi connectivity index (χ0v) is 15.9. The smallest absolute Gasteiger partial charge is 0.0788 e. The van der Waals surface area contributed by atoms with E-state index in [1.165, 1.54) is 38.4 Å². The molecule has 1 aliphatic rings. The third-order valence-electron chi connectivity index (χ3n) is 5.76. The third kappa shape index (κ3) is 2.23. The molecule has 1 heterocycles. The van der Waals surface area contributed by atoms with Gasteiger partial charge < -0.3 is 0 Å². The van der Waals surface area contributed by atoms with Gasteiger partial charge in [-0.1, -0.05) is 84.4 Å². The normalized spacial score (nSPS) is 12.3. The Balaban J connectivity index is 1.73. The average molecular weight is 378 g/mol. The average Bonchev–Trinajstić information content (AvgIpc) is 3.12. The van der Waals surface area contributed by atoms with E-state index in [2.05, 4.69) is 72.8 Å². The summed E-state index contributed by atoms with van der Waals surface area (Å²) in [5, 5.41) is 4.44.